The van der Waals surface area contributed by atoms with Crippen molar-refractivity contribution < 1.29 is 18.4 Å². The van der Waals surface area contributed by atoms with E-state index in [-0.39, 0.29) is 6.29 Å². The molecular weight excluding hydrogens is 262 g/mol. The topological polar surface area (TPSA) is 52.6 Å². The number of halogens is 2. The van der Waals surface area contributed by atoms with Crippen LogP contribution < -0.4 is 0 Å². The van der Waals surface area contributed by atoms with Gasteiger partial charge in [0.15, 0.2) is 6.29 Å². The molecule has 90 valence electrons. The summed E-state index contributed by atoms with van der Waals surface area (Å²) in [5.74, 6) is 0. The first kappa shape index (κ1) is 15.4. The number of hydrogen-bond donors (Lipinski definition) is 0. The van der Waals surface area contributed by atoms with Crippen LogP contribution in [0, 0.1) is 0 Å². The highest BCUT2D eigenvalue weighted by atomic mass is 35.5. The summed E-state index contributed by atoms with van der Waals surface area (Å²) in [4.78, 5) is 10.6. The quantitative estimate of drug-likeness (QED) is 0.424. The minimum Gasteiger partial charge on any atom is -0.303 e. The summed E-state index contributed by atoms with van der Waals surface area (Å²) in [6, 6.07) is 0. The summed E-state index contributed by atoms with van der Waals surface area (Å²) in [6.45, 7) is 6.58. The molecule has 0 aliphatic heterocycles. The molecule has 7 heteroatoms. The monoisotopic (exact) mass is 276 g/mol. The van der Waals surface area contributed by atoms with Crippen LogP contribution in [0.1, 0.15) is 27.7 Å². The molecule has 0 rings (SSSR count). The zero-order chi connectivity index (χ0) is 12.3. The Kier molecular flexibility index (Phi) is 5.80. The van der Waals surface area contributed by atoms with Crippen molar-refractivity contribution in [2.75, 3.05) is 0 Å². The zero-order valence-corrected chi connectivity index (χ0v) is 11.5. The van der Waals surface area contributed by atoms with E-state index in [0.29, 0.717) is 0 Å². The van der Waals surface area contributed by atoms with Gasteiger partial charge in [-0.25, -0.2) is 0 Å². The van der Waals surface area contributed by atoms with E-state index in [1.165, 1.54) is 0 Å². The van der Waals surface area contributed by atoms with E-state index < -0.39 is 23.9 Å². The van der Waals surface area contributed by atoms with Gasteiger partial charge in [0.05, 0.1) is 12.2 Å². The minimum atomic E-state index is -3.87. The molecule has 0 aromatic heterocycles. The van der Waals surface area contributed by atoms with Gasteiger partial charge in [-0.05, 0) is 27.7 Å². The van der Waals surface area contributed by atoms with Crippen molar-refractivity contribution in [2.45, 2.75) is 44.0 Å². The Hall–Kier alpha value is 0.400. The average molecular weight is 277 g/mol. The van der Waals surface area contributed by atoms with Crippen LogP contribution in [0.25, 0.3) is 0 Å². The maximum absolute atomic E-state index is 12.1. The zero-order valence-electron chi connectivity index (χ0n) is 9.07. The number of carbonyl (C=O) groups excluding carboxylic acids is 1. The summed E-state index contributed by atoms with van der Waals surface area (Å²) in [6.07, 6.45) is -0.667. The average Bonchev–Trinajstić information content (AvgIpc) is 2.00. The molecule has 0 amide bonds. The fourth-order valence-electron chi connectivity index (χ4n) is 0.785. The Balaban J connectivity index is 5.02. The van der Waals surface area contributed by atoms with Crippen molar-refractivity contribution in [1.29, 1.82) is 0 Å². The number of carbonyl (C=O) groups is 1. The van der Waals surface area contributed by atoms with Crippen molar-refractivity contribution in [3.05, 3.63) is 0 Å². The van der Waals surface area contributed by atoms with Crippen molar-refractivity contribution in [3.63, 3.8) is 0 Å². The first-order chi connectivity index (χ1) is 6.64. The van der Waals surface area contributed by atoms with Gasteiger partial charge in [0.25, 0.3) is 4.07 Å². The number of alkyl halides is 2. The lowest BCUT2D eigenvalue weighted by Crippen LogP contribution is -2.23. The molecule has 0 aliphatic carbocycles. The van der Waals surface area contributed by atoms with Crippen LogP contribution in [0.15, 0.2) is 0 Å². The van der Waals surface area contributed by atoms with E-state index in [2.05, 4.69) is 0 Å². The van der Waals surface area contributed by atoms with Gasteiger partial charge in [-0.1, -0.05) is 23.2 Å². The van der Waals surface area contributed by atoms with Gasteiger partial charge in [-0.2, -0.15) is 0 Å². The van der Waals surface area contributed by atoms with Crippen LogP contribution in [0.4, 0.5) is 0 Å². The molecule has 0 heterocycles. The van der Waals surface area contributed by atoms with E-state index in [1.807, 2.05) is 0 Å². The molecule has 0 aliphatic rings. The molecule has 0 aromatic rings. The Morgan fingerprint density at radius 2 is 1.47 bits per heavy atom. The SMILES string of the molecule is CC(C)OP(=O)(OC(C)C)C(Cl)(Cl)C=O. The van der Waals surface area contributed by atoms with Crippen LogP contribution in [-0.4, -0.2) is 22.6 Å². The van der Waals surface area contributed by atoms with Crippen molar-refractivity contribution in [2.24, 2.45) is 0 Å². The first-order valence-electron chi connectivity index (χ1n) is 4.45. The molecule has 15 heavy (non-hydrogen) atoms. The summed E-state index contributed by atoms with van der Waals surface area (Å²) >= 11 is 11.2. The fourth-order valence-corrected chi connectivity index (χ4v) is 2.83. The summed E-state index contributed by atoms with van der Waals surface area (Å²) in [7, 11) is -3.87. The molecular formula is C8H15Cl2O4P. The second-order valence-corrected chi connectivity index (χ2v) is 7.55. The second-order valence-electron chi connectivity index (χ2n) is 3.51. The van der Waals surface area contributed by atoms with Crippen molar-refractivity contribution in [1.82, 2.24) is 0 Å². The lowest BCUT2D eigenvalue weighted by atomic mass is 10.5. The summed E-state index contributed by atoms with van der Waals surface area (Å²) in [5, 5.41) is 0. The molecule has 0 bridgehead atoms. The predicted molar refractivity (Wildman–Crippen MR) is 60.5 cm³/mol. The normalized spacial score (nSPS) is 13.6. The third-order valence-electron chi connectivity index (χ3n) is 1.21. The molecule has 0 spiro atoms. The van der Waals surface area contributed by atoms with E-state index in [1.54, 1.807) is 27.7 Å². The molecule has 0 atom stereocenters. The maximum atomic E-state index is 12.1. The maximum Gasteiger partial charge on any atom is 0.374 e. The molecule has 0 saturated heterocycles. The molecule has 0 fully saturated rings. The lowest BCUT2D eigenvalue weighted by molar-refractivity contribution is -0.107. The van der Waals surface area contributed by atoms with Gasteiger partial charge in [0.1, 0.15) is 0 Å². The predicted octanol–water partition coefficient (Wildman–Crippen LogP) is 3.36. The first-order valence-corrected chi connectivity index (χ1v) is 6.75. The molecule has 0 radical (unpaired) electrons. The smallest absolute Gasteiger partial charge is 0.303 e. The summed E-state index contributed by atoms with van der Waals surface area (Å²) < 4.78 is 20.1. The Bertz CT molecular complexity index is 251. The number of aldehydes is 1. The highest BCUT2D eigenvalue weighted by Gasteiger charge is 2.50. The second kappa shape index (κ2) is 5.65. The van der Waals surface area contributed by atoms with E-state index in [9.17, 15) is 9.36 Å². The van der Waals surface area contributed by atoms with E-state index >= 15 is 0 Å². The molecule has 0 aromatic carbocycles. The number of hydrogen-bond acceptors (Lipinski definition) is 4. The molecule has 0 N–H and O–H groups in total. The largest absolute Gasteiger partial charge is 0.374 e. The van der Waals surface area contributed by atoms with Gasteiger partial charge in [-0.15, -0.1) is 0 Å². The lowest BCUT2D eigenvalue weighted by Gasteiger charge is -2.28. The van der Waals surface area contributed by atoms with Crippen LogP contribution >= 0.6 is 30.8 Å². The Morgan fingerprint density at radius 3 is 1.67 bits per heavy atom. The van der Waals surface area contributed by atoms with E-state index in [4.69, 9.17) is 32.2 Å². The molecule has 0 saturated carbocycles. The van der Waals surface area contributed by atoms with Gasteiger partial charge in [-0.3, -0.25) is 9.36 Å². The van der Waals surface area contributed by atoms with Gasteiger partial charge >= 0.3 is 7.60 Å². The Labute approximate surface area is 99.8 Å². The van der Waals surface area contributed by atoms with Gasteiger partial charge in [0, 0.05) is 0 Å². The van der Waals surface area contributed by atoms with Crippen LogP contribution in [0.2, 0.25) is 0 Å². The molecule has 4 nitrogen and oxygen atoms in total. The minimum absolute atomic E-state index is 0.154. The van der Waals surface area contributed by atoms with Gasteiger partial charge < -0.3 is 9.05 Å². The van der Waals surface area contributed by atoms with E-state index in [0.717, 1.165) is 0 Å². The number of rotatable bonds is 6. The highest BCUT2D eigenvalue weighted by Crippen LogP contribution is 2.64. The van der Waals surface area contributed by atoms with Crippen LogP contribution in [-0.2, 0) is 18.4 Å². The summed E-state index contributed by atoms with van der Waals surface area (Å²) in [5.41, 5.74) is 0. The van der Waals surface area contributed by atoms with Crippen LogP contribution in [0.3, 0.4) is 0 Å². The highest BCUT2D eigenvalue weighted by molar-refractivity contribution is 7.61. The van der Waals surface area contributed by atoms with Gasteiger partial charge in [0.2, 0.25) is 0 Å². The van der Waals surface area contributed by atoms with Crippen molar-refractivity contribution in [3.8, 4) is 0 Å². The molecule has 0 unspecified atom stereocenters. The van der Waals surface area contributed by atoms with Crippen LogP contribution in [0.5, 0.6) is 0 Å². The fraction of sp³-hybridized carbons (Fsp3) is 0.875. The third-order valence-corrected chi connectivity index (χ3v) is 4.86. The standard InChI is InChI=1S/C8H15Cl2O4P/c1-6(2)13-15(12,14-7(3)4)8(9,10)5-11/h5-7H,1-4H3. The third kappa shape index (κ3) is 4.41. The van der Waals surface area contributed by atoms with Crippen molar-refractivity contribution >= 4 is 37.1 Å². The Morgan fingerprint density at radius 1 is 1.13 bits per heavy atom.